The number of halogens is 1. The molecule has 0 aliphatic heterocycles. The highest BCUT2D eigenvalue weighted by molar-refractivity contribution is 6.32. The number of aryl methyl sites for hydroxylation is 1. The van der Waals surface area contributed by atoms with Gasteiger partial charge in [0.15, 0.2) is 0 Å². The monoisotopic (exact) mass is 288 g/mol. The molecule has 2 aromatic rings. The molecule has 0 fully saturated rings. The zero-order valence-electron chi connectivity index (χ0n) is 10.8. The third-order valence-electron chi connectivity index (χ3n) is 2.61. The minimum Gasteiger partial charge on any atom is -0.478 e. The molecule has 20 heavy (non-hydrogen) atoms. The van der Waals surface area contributed by atoms with Gasteiger partial charge in [-0.25, -0.2) is 4.79 Å². The average molecular weight is 289 g/mol. The fraction of sp³-hybridized carbons (Fsp3) is 0.0625. The SMILES string of the molecule is Cc1ccc(Oc2ccc(C=CC(=O)O)cc2)c(Cl)c1. The maximum absolute atomic E-state index is 10.4. The van der Waals surface area contributed by atoms with Crippen molar-refractivity contribution in [2.45, 2.75) is 6.92 Å². The van der Waals surface area contributed by atoms with Crippen molar-refractivity contribution in [2.75, 3.05) is 0 Å². The van der Waals surface area contributed by atoms with Crippen molar-refractivity contribution >= 4 is 23.6 Å². The van der Waals surface area contributed by atoms with Crippen LogP contribution in [-0.4, -0.2) is 11.1 Å². The molecular formula is C16H13ClO3. The molecule has 0 aromatic heterocycles. The van der Waals surface area contributed by atoms with E-state index >= 15 is 0 Å². The summed E-state index contributed by atoms with van der Waals surface area (Å²) in [4.78, 5) is 10.4. The molecule has 1 N–H and O–H groups in total. The first-order chi connectivity index (χ1) is 9.54. The highest BCUT2D eigenvalue weighted by Gasteiger charge is 2.03. The molecule has 0 saturated carbocycles. The molecular weight excluding hydrogens is 276 g/mol. The van der Waals surface area contributed by atoms with Crippen LogP contribution < -0.4 is 4.74 Å². The summed E-state index contributed by atoms with van der Waals surface area (Å²) >= 11 is 6.09. The molecule has 0 aliphatic carbocycles. The summed E-state index contributed by atoms with van der Waals surface area (Å²) in [6.45, 7) is 1.96. The van der Waals surface area contributed by atoms with Gasteiger partial charge in [-0.3, -0.25) is 0 Å². The van der Waals surface area contributed by atoms with Crippen LogP contribution in [0, 0.1) is 6.92 Å². The van der Waals surface area contributed by atoms with Crippen LogP contribution in [0.4, 0.5) is 0 Å². The van der Waals surface area contributed by atoms with Gasteiger partial charge in [-0.15, -0.1) is 0 Å². The van der Waals surface area contributed by atoms with E-state index in [1.807, 2.05) is 25.1 Å². The Kier molecular flexibility index (Phi) is 4.43. The first kappa shape index (κ1) is 14.2. The van der Waals surface area contributed by atoms with Crippen LogP contribution in [0.2, 0.25) is 5.02 Å². The maximum Gasteiger partial charge on any atom is 0.328 e. The van der Waals surface area contributed by atoms with Crippen molar-refractivity contribution in [3.05, 3.63) is 64.7 Å². The Balaban J connectivity index is 2.12. The summed E-state index contributed by atoms with van der Waals surface area (Å²) < 4.78 is 5.67. The molecule has 0 heterocycles. The smallest absolute Gasteiger partial charge is 0.328 e. The Labute approximate surface area is 122 Å². The maximum atomic E-state index is 10.4. The second kappa shape index (κ2) is 6.26. The minimum atomic E-state index is -0.975. The third-order valence-corrected chi connectivity index (χ3v) is 2.91. The zero-order chi connectivity index (χ0) is 14.5. The molecule has 0 bridgehead atoms. The quantitative estimate of drug-likeness (QED) is 0.840. The van der Waals surface area contributed by atoms with E-state index < -0.39 is 5.97 Å². The molecule has 0 saturated heterocycles. The normalized spacial score (nSPS) is 10.7. The lowest BCUT2D eigenvalue weighted by Crippen LogP contribution is -1.87. The lowest BCUT2D eigenvalue weighted by Gasteiger charge is -2.08. The molecule has 0 atom stereocenters. The number of hydrogen-bond donors (Lipinski definition) is 1. The molecule has 0 unspecified atom stereocenters. The third kappa shape index (κ3) is 3.87. The lowest BCUT2D eigenvalue weighted by molar-refractivity contribution is -0.131. The van der Waals surface area contributed by atoms with Crippen LogP contribution >= 0.6 is 11.6 Å². The van der Waals surface area contributed by atoms with E-state index in [1.165, 1.54) is 6.08 Å². The van der Waals surface area contributed by atoms with Gasteiger partial charge in [-0.2, -0.15) is 0 Å². The molecule has 102 valence electrons. The number of carboxylic acids is 1. The van der Waals surface area contributed by atoms with Gasteiger partial charge >= 0.3 is 5.97 Å². The highest BCUT2D eigenvalue weighted by atomic mass is 35.5. The highest BCUT2D eigenvalue weighted by Crippen LogP contribution is 2.30. The van der Waals surface area contributed by atoms with Crippen LogP contribution in [0.15, 0.2) is 48.5 Å². The summed E-state index contributed by atoms with van der Waals surface area (Å²) in [6, 6.07) is 12.6. The van der Waals surface area contributed by atoms with E-state index in [1.54, 1.807) is 24.3 Å². The van der Waals surface area contributed by atoms with Crippen molar-refractivity contribution in [3.63, 3.8) is 0 Å². The number of carboxylic acid groups (broad SMARTS) is 1. The molecule has 3 nitrogen and oxygen atoms in total. The Bertz CT molecular complexity index is 645. The van der Waals surface area contributed by atoms with E-state index in [0.29, 0.717) is 16.5 Å². The van der Waals surface area contributed by atoms with E-state index in [0.717, 1.165) is 17.2 Å². The summed E-state index contributed by atoms with van der Waals surface area (Å²) in [5.41, 5.74) is 1.85. The molecule has 2 rings (SSSR count). The number of aliphatic carboxylic acids is 1. The predicted octanol–water partition coefficient (Wildman–Crippen LogP) is 4.54. The first-order valence-corrected chi connectivity index (χ1v) is 6.37. The van der Waals surface area contributed by atoms with Gasteiger partial charge in [0.1, 0.15) is 11.5 Å². The van der Waals surface area contributed by atoms with Crippen molar-refractivity contribution in [3.8, 4) is 11.5 Å². The van der Waals surface area contributed by atoms with Crippen LogP contribution in [-0.2, 0) is 4.79 Å². The van der Waals surface area contributed by atoms with Crippen molar-refractivity contribution in [1.82, 2.24) is 0 Å². The number of benzene rings is 2. The van der Waals surface area contributed by atoms with Gasteiger partial charge in [-0.1, -0.05) is 29.8 Å². The van der Waals surface area contributed by atoms with Gasteiger partial charge < -0.3 is 9.84 Å². The average Bonchev–Trinajstić information content (AvgIpc) is 2.41. The fourth-order valence-corrected chi connectivity index (χ4v) is 1.90. The van der Waals surface area contributed by atoms with E-state index in [-0.39, 0.29) is 0 Å². The van der Waals surface area contributed by atoms with Crippen LogP contribution in [0.1, 0.15) is 11.1 Å². The summed E-state index contributed by atoms with van der Waals surface area (Å²) in [7, 11) is 0. The lowest BCUT2D eigenvalue weighted by atomic mass is 10.2. The van der Waals surface area contributed by atoms with Gasteiger partial charge in [0.2, 0.25) is 0 Å². The Morgan fingerprint density at radius 1 is 1.20 bits per heavy atom. The van der Waals surface area contributed by atoms with Crippen molar-refractivity contribution in [2.24, 2.45) is 0 Å². The number of rotatable bonds is 4. The Morgan fingerprint density at radius 3 is 2.50 bits per heavy atom. The molecule has 2 aromatic carbocycles. The topological polar surface area (TPSA) is 46.5 Å². The second-order valence-electron chi connectivity index (χ2n) is 4.28. The molecule has 0 amide bonds. The fourth-order valence-electron chi connectivity index (χ4n) is 1.63. The van der Waals surface area contributed by atoms with Gasteiger partial charge in [0, 0.05) is 6.08 Å². The second-order valence-corrected chi connectivity index (χ2v) is 4.68. The Hall–Kier alpha value is -2.26. The first-order valence-electron chi connectivity index (χ1n) is 6.00. The van der Waals surface area contributed by atoms with Crippen LogP contribution in [0.5, 0.6) is 11.5 Å². The van der Waals surface area contributed by atoms with Crippen molar-refractivity contribution in [1.29, 1.82) is 0 Å². The molecule has 0 radical (unpaired) electrons. The van der Waals surface area contributed by atoms with Gasteiger partial charge in [-0.05, 0) is 48.4 Å². The standard InChI is InChI=1S/C16H13ClO3/c1-11-2-8-15(14(17)10-11)20-13-6-3-12(4-7-13)5-9-16(18)19/h2-10H,1H3,(H,18,19). The molecule has 0 spiro atoms. The zero-order valence-corrected chi connectivity index (χ0v) is 11.6. The Morgan fingerprint density at radius 2 is 1.90 bits per heavy atom. The van der Waals surface area contributed by atoms with Crippen LogP contribution in [0.3, 0.4) is 0 Å². The van der Waals surface area contributed by atoms with Crippen LogP contribution in [0.25, 0.3) is 6.08 Å². The molecule has 4 heteroatoms. The van der Waals surface area contributed by atoms with Gasteiger partial charge in [0.05, 0.1) is 5.02 Å². The predicted molar refractivity (Wildman–Crippen MR) is 79.4 cm³/mol. The minimum absolute atomic E-state index is 0.555. The van der Waals surface area contributed by atoms with E-state index in [9.17, 15) is 4.79 Å². The summed E-state index contributed by atoms with van der Waals surface area (Å²) in [5, 5.41) is 9.11. The number of hydrogen-bond acceptors (Lipinski definition) is 2. The summed E-state index contributed by atoms with van der Waals surface area (Å²) in [6.07, 6.45) is 2.61. The largest absolute Gasteiger partial charge is 0.478 e. The van der Waals surface area contributed by atoms with Gasteiger partial charge in [0.25, 0.3) is 0 Å². The number of ether oxygens (including phenoxy) is 1. The number of carbonyl (C=O) groups is 1. The van der Waals surface area contributed by atoms with E-state index in [2.05, 4.69) is 0 Å². The van der Waals surface area contributed by atoms with E-state index in [4.69, 9.17) is 21.4 Å². The summed E-state index contributed by atoms with van der Waals surface area (Å²) in [5.74, 6) is 0.256. The van der Waals surface area contributed by atoms with Crippen molar-refractivity contribution < 1.29 is 14.6 Å². The molecule has 0 aliphatic rings.